The van der Waals surface area contributed by atoms with Gasteiger partial charge in [0.1, 0.15) is 0 Å². The highest BCUT2D eigenvalue weighted by Gasteiger charge is 2.32. The molecule has 1 saturated carbocycles. The minimum absolute atomic E-state index is 0.0156. The third kappa shape index (κ3) is 4.74. The lowest BCUT2D eigenvalue weighted by Gasteiger charge is -2.17. The van der Waals surface area contributed by atoms with Crippen molar-refractivity contribution < 1.29 is 23.1 Å². The zero-order valence-corrected chi connectivity index (χ0v) is 11.5. The van der Waals surface area contributed by atoms with Crippen LogP contribution in [0.5, 0.6) is 0 Å². The molecular formula is C15H18F3NO2. The molecule has 1 amide bonds. The minimum Gasteiger partial charge on any atom is -0.396 e. The molecule has 116 valence electrons. The van der Waals surface area contributed by atoms with Gasteiger partial charge in [0.2, 0.25) is 5.91 Å². The molecular weight excluding hydrogens is 283 g/mol. The van der Waals surface area contributed by atoms with Gasteiger partial charge in [-0.3, -0.25) is 4.79 Å². The van der Waals surface area contributed by atoms with Gasteiger partial charge in [-0.1, -0.05) is 12.1 Å². The van der Waals surface area contributed by atoms with Crippen LogP contribution in [0.3, 0.4) is 0 Å². The standard InChI is InChI=1S/C15H18F3NO2/c16-15(17,18)12-5-1-10(2-6-12)9-14(21)19-13(7-8-20)11-3-4-11/h1-2,5-6,11,13,20H,3-4,7-9H2,(H,19,21). The lowest BCUT2D eigenvalue weighted by molar-refractivity contribution is -0.137. The van der Waals surface area contributed by atoms with Crippen LogP contribution in [0.1, 0.15) is 30.4 Å². The van der Waals surface area contributed by atoms with Crippen LogP contribution in [-0.2, 0) is 17.4 Å². The fourth-order valence-corrected chi connectivity index (χ4v) is 2.32. The van der Waals surface area contributed by atoms with E-state index in [1.54, 1.807) is 0 Å². The van der Waals surface area contributed by atoms with Crippen molar-refractivity contribution in [2.24, 2.45) is 5.92 Å². The molecule has 1 unspecified atom stereocenters. The second-order valence-corrected chi connectivity index (χ2v) is 5.40. The predicted octanol–water partition coefficient (Wildman–Crippen LogP) is 2.53. The molecule has 0 bridgehead atoms. The van der Waals surface area contributed by atoms with Crippen molar-refractivity contribution >= 4 is 5.91 Å². The summed E-state index contributed by atoms with van der Waals surface area (Å²) in [6.45, 7) is 0.0156. The van der Waals surface area contributed by atoms with E-state index in [4.69, 9.17) is 5.11 Å². The smallest absolute Gasteiger partial charge is 0.396 e. The fourth-order valence-electron chi connectivity index (χ4n) is 2.32. The number of amides is 1. The van der Waals surface area contributed by atoms with E-state index < -0.39 is 11.7 Å². The summed E-state index contributed by atoms with van der Waals surface area (Å²) in [5.74, 6) is 0.203. The SMILES string of the molecule is O=C(Cc1ccc(C(F)(F)F)cc1)NC(CCO)C1CC1. The normalized spacial score (nSPS) is 16.6. The molecule has 2 N–H and O–H groups in total. The van der Waals surface area contributed by atoms with Crippen LogP contribution >= 0.6 is 0 Å². The Morgan fingerprint density at radius 3 is 2.38 bits per heavy atom. The van der Waals surface area contributed by atoms with Crippen molar-refractivity contribution in [1.82, 2.24) is 5.32 Å². The monoisotopic (exact) mass is 301 g/mol. The molecule has 0 radical (unpaired) electrons. The van der Waals surface area contributed by atoms with E-state index in [2.05, 4.69) is 5.32 Å². The third-order valence-corrected chi connectivity index (χ3v) is 3.62. The van der Waals surface area contributed by atoms with Gasteiger partial charge in [0, 0.05) is 12.6 Å². The van der Waals surface area contributed by atoms with Gasteiger partial charge >= 0.3 is 6.18 Å². The minimum atomic E-state index is -4.36. The van der Waals surface area contributed by atoms with Gasteiger partial charge in [0.25, 0.3) is 0 Å². The molecule has 1 fully saturated rings. The number of halogens is 3. The Morgan fingerprint density at radius 2 is 1.90 bits per heavy atom. The summed E-state index contributed by atoms with van der Waals surface area (Å²) in [6, 6.07) is 4.57. The molecule has 0 spiro atoms. The van der Waals surface area contributed by atoms with Crippen molar-refractivity contribution in [1.29, 1.82) is 0 Å². The van der Waals surface area contributed by atoms with Gasteiger partial charge in [0.15, 0.2) is 0 Å². The van der Waals surface area contributed by atoms with Gasteiger partial charge in [0.05, 0.1) is 12.0 Å². The number of carbonyl (C=O) groups excluding carboxylic acids is 1. The average Bonchev–Trinajstić information content (AvgIpc) is 3.22. The third-order valence-electron chi connectivity index (χ3n) is 3.62. The highest BCUT2D eigenvalue weighted by Crippen LogP contribution is 2.34. The Kier molecular flexibility index (Phi) is 4.88. The Bertz CT molecular complexity index is 481. The van der Waals surface area contributed by atoms with Gasteiger partial charge in [-0.05, 0) is 42.9 Å². The van der Waals surface area contributed by atoms with Gasteiger partial charge in [-0.2, -0.15) is 13.2 Å². The lowest BCUT2D eigenvalue weighted by Crippen LogP contribution is -2.38. The number of aliphatic hydroxyl groups excluding tert-OH is 1. The van der Waals surface area contributed by atoms with E-state index in [1.165, 1.54) is 12.1 Å². The van der Waals surface area contributed by atoms with Crippen LogP contribution < -0.4 is 5.32 Å². The first kappa shape index (κ1) is 15.8. The van der Waals surface area contributed by atoms with Gasteiger partial charge < -0.3 is 10.4 Å². The van der Waals surface area contributed by atoms with Crippen molar-refractivity contribution in [3.05, 3.63) is 35.4 Å². The van der Waals surface area contributed by atoms with Crippen LogP contribution in [0, 0.1) is 5.92 Å². The number of hydrogen-bond donors (Lipinski definition) is 2. The highest BCUT2D eigenvalue weighted by atomic mass is 19.4. The number of hydrogen-bond acceptors (Lipinski definition) is 2. The van der Waals surface area contributed by atoms with E-state index >= 15 is 0 Å². The summed E-state index contributed by atoms with van der Waals surface area (Å²) >= 11 is 0. The molecule has 2 rings (SSSR count). The zero-order valence-electron chi connectivity index (χ0n) is 11.5. The van der Waals surface area contributed by atoms with Crippen molar-refractivity contribution in [3.8, 4) is 0 Å². The fraction of sp³-hybridized carbons (Fsp3) is 0.533. The summed E-state index contributed by atoms with van der Waals surface area (Å²) < 4.78 is 37.3. The Balaban J connectivity index is 1.90. The van der Waals surface area contributed by atoms with Crippen molar-refractivity contribution in [2.75, 3.05) is 6.61 Å². The number of rotatable bonds is 6. The zero-order chi connectivity index (χ0) is 15.5. The predicted molar refractivity (Wildman–Crippen MR) is 71.5 cm³/mol. The highest BCUT2D eigenvalue weighted by molar-refractivity contribution is 5.78. The summed E-state index contributed by atoms with van der Waals surface area (Å²) in [5, 5.41) is 11.8. The van der Waals surface area contributed by atoms with E-state index in [0.29, 0.717) is 17.9 Å². The van der Waals surface area contributed by atoms with E-state index in [1.807, 2.05) is 0 Å². The summed E-state index contributed by atoms with van der Waals surface area (Å²) in [4.78, 5) is 11.9. The summed E-state index contributed by atoms with van der Waals surface area (Å²) in [7, 11) is 0. The summed E-state index contributed by atoms with van der Waals surface area (Å²) in [6.07, 6.45) is -1.70. The van der Waals surface area contributed by atoms with E-state index in [9.17, 15) is 18.0 Å². The molecule has 1 atom stereocenters. The largest absolute Gasteiger partial charge is 0.416 e. The molecule has 0 aromatic heterocycles. The van der Waals surface area contributed by atoms with Gasteiger partial charge in [-0.15, -0.1) is 0 Å². The number of nitrogens with one attached hydrogen (secondary N) is 1. The quantitative estimate of drug-likeness (QED) is 0.848. The first-order valence-electron chi connectivity index (χ1n) is 6.96. The van der Waals surface area contributed by atoms with Crippen molar-refractivity contribution in [2.45, 2.75) is 37.9 Å². The number of alkyl halides is 3. The lowest BCUT2D eigenvalue weighted by atomic mass is 10.1. The maximum absolute atomic E-state index is 12.4. The van der Waals surface area contributed by atoms with Gasteiger partial charge in [-0.25, -0.2) is 0 Å². The molecule has 0 aliphatic heterocycles. The van der Waals surface area contributed by atoms with Crippen LogP contribution in [0.15, 0.2) is 24.3 Å². The second-order valence-electron chi connectivity index (χ2n) is 5.40. The maximum atomic E-state index is 12.4. The molecule has 6 heteroatoms. The molecule has 3 nitrogen and oxygen atoms in total. The Hall–Kier alpha value is -1.56. The molecule has 21 heavy (non-hydrogen) atoms. The first-order valence-corrected chi connectivity index (χ1v) is 6.96. The molecule has 0 saturated heterocycles. The molecule has 1 aromatic carbocycles. The van der Waals surface area contributed by atoms with Crippen molar-refractivity contribution in [3.63, 3.8) is 0 Å². The number of aliphatic hydroxyl groups is 1. The van der Waals surface area contributed by atoms with E-state index in [0.717, 1.165) is 25.0 Å². The van der Waals surface area contributed by atoms with Crippen LogP contribution in [0.2, 0.25) is 0 Å². The molecule has 1 aliphatic rings. The molecule has 1 aliphatic carbocycles. The average molecular weight is 301 g/mol. The van der Waals surface area contributed by atoms with Crippen LogP contribution in [0.4, 0.5) is 13.2 Å². The molecule has 1 aromatic rings. The van der Waals surface area contributed by atoms with Crippen LogP contribution in [0.25, 0.3) is 0 Å². The second kappa shape index (κ2) is 6.47. The number of benzene rings is 1. The molecule has 0 heterocycles. The summed E-state index contributed by atoms with van der Waals surface area (Å²) in [5.41, 5.74) is -0.179. The topological polar surface area (TPSA) is 49.3 Å². The number of carbonyl (C=O) groups is 1. The van der Waals surface area contributed by atoms with E-state index in [-0.39, 0.29) is 25.0 Å². The Labute approximate surface area is 121 Å². The Morgan fingerprint density at radius 1 is 1.29 bits per heavy atom. The van der Waals surface area contributed by atoms with Crippen LogP contribution in [-0.4, -0.2) is 23.7 Å². The first-order chi connectivity index (χ1) is 9.90. The maximum Gasteiger partial charge on any atom is 0.416 e.